The SMILES string of the molecule is CCOC(=O)[C@@H](C)N(Cc1ccc(OC)c(OCCNCc2nc3ccccc3s2)c1)C(=O)Oc1ccc(OC)cc1. The smallest absolute Gasteiger partial charge is 0.416 e. The lowest BCUT2D eigenvalue weighted by atomic mass is 10.1. The summed E-state index contributed by atoms with van der Waals surface area (Å²) in [5.74, 6) is 1.48. The van der Waals surface area contributed by atoms with Crippen LogP contribution in [0.25, 0.3) is 10.2 Å². The van der Waals surface area contributed by atoms with E-state index in [0.29, 0.717) is 42.7 Å². The molecule has 1 amide bonds. The molecule has 0 aliphatic heterocycles. The van der Waals surface area contributed by atoms with Gasteiger partial charge in [0, 0.05) is 13.1 Å². The number of nitrogens with one attached hydrogen (secondary N) is 1. The van der Waals surface area contributed by atoms with Crippen molar-refractivity contribution < 1.29 is 33.3 Å². The molecule has 0 fully saturated rings. The summed E-state index contributed by atoms with van der Waals surface area (Å²) in [5, 5.41) is 4.36. The van der Waals surface area contributed by atoms with E-state index in [1.54, 1.807) is 75.8 Å². The number of nitrogens with zero attached hydrogens (tertiary/aromatic N) is 2. The molecule has 0 spiro atoms. The van der Waals surface area contributed by atoms with Gasteiger partial charge in [0.2, 0.25) is 0 Å². The van der Waals surface area contributed by atoms with Gasteiger partial charge >= 0.3 is 12.1 Å². The summed E-state index contributed by atoms with van der Waals surface area (Å²) in [6.07, 6.45) is -0.696. The molecule has 1 atom stereocenters. The molecule has 0 unspecified atom stereocenters. The molecule has 11 heteroatoms. The minimum Gasteiger partial charge on any atom is -0.497 e. The zero-order valence-electron chi connectivity index (χ0n) is 24.1. The molecular formula is C31H35N3O7S. The van der Waals surface area contributed by atoms with Crippen molar-refractivity contribution in [3.63, 3.8) is 0 Å². The molecule has 0 saturated carbocycles. The number of benzene rings is 3. The molecule has 4 aromatic rings. The Morgan fingerprint density at radius 2 is 1.74 bits per heavy atom. The highest BCUT2D eigenvalue weighted by Gasteiger charge is 2.29. The summed E-state index contributed by atoms with van der Waals surface area (Å²) in [4.78, 5) is 31.8. The molecule has 0 saturated heterocycles. The third-order valence-electron chi connectivity index (χ3n) is 6.33. The topological polar surface area (TPSA) is 108 Å². The summed E-state index contributed by atoms with van der Waals surface area (Å²) < 4.78 is 28.6. The van der Waals surface area contributed by atoms with Crippen LogP contribution >= 0.6 is 11.3 Å². The van der Waals surface area contributed by atoms with Crippen LogP contribution < -0.4 is 24.3 Å². The first kappa shape index (κ1) is 30.6. The molecule has 0 aliphatic rings. The van der Waals surface area contributed by atoms with Gasteiger partial charge in [0.15, 0.2) is 11.5 Å². The highest BCUT2D eigenvalue weighted by molar-refractivity contribution is 7.18. The van der Waals surface area contributed by atoms with E-state index in [1.807, 2.05) is 24.3 Å². The first-order valence-corrected chi connectivity index (χ1v) is 14.4. The minimum atomic E-state index is -0.895. The summed E-state index contributed by atoms with van der Waals surface area (Å²) in [6.45, 7) is 5.19. The van der Waals surface area contributed by atoms with Gasteiger partial charge in [-0.25, -0.2) is 14.6 Å². The van der Waals surface area contributed by atoms with Gasteiger partial charge in [0.05, 0.1) is 37.6 Å². The van der Waals surface area contributed by atoms with Gasteiger partial charge in [0.1, 0.15) is 29.2 Å². The third kappa shape index (κ3) is 8.11. The molecule has 1 aromatic heterocycles. The summed E-state index contributed by atoms with van der Waals surface area (Å²) in [6, 6.07) is 19.1. The van der Waals surface area contributed by atoms with Crippen LogP contribution in [-0.4, -0.2) is 62.0 Å². The van der Waals surface area contributed by atoms with Gasteiger partial charge in [0.25, 0.3) is 0 Å². The van der Waals surface area contributed by atoms with Crippen molar-refractivity contribution in [1.82, 2.24) is 15.2 Å². The van der Waals surface area contributed by atoms with Gasteiger partial charge in [-0.2, -0.15) is 0 Å². The fourth-order valence-electron chi connectivity index (χ4n) is 4.11. The fraction of sp³-hybridized carbons (Fsp3) is 0.323. The average Bonchev–Trinajstić information content (AvgIpc) is 3.43. The van der Waals surface area contributed by atoms with E-state index >= 15 is 0 Å². The van der Waals surface area contributed by atoms with Gasteiger partial charge in [-0.15, -0.1) is 11.3 Å². The number of carbonyl (C=O) groups excluding carboxylic acids is 2. The first-order chi connectivity index (χ1) is 20.4. The summed E-state index contributed by atoms with van der Waals surface area (Å²) in [7, 11) is 3.12. The Morgan fingerprint density at radius 3 is 2.45 bits per heavy atom. The Bertz CT molecular complexity index is 1440. The second kappa shape index (κ2) is 15.0. The van der Waals surface area contributed by atoms with Crippen LogP contribution in [0.3, 0.4) is 0 Å². The average molecular weight is 594 g/mol. The largest absolute Gasteiger partial charge is 0.497 e. The third-order valence-corrected chi connectivity index (χ3v) is 7.36. The van der Waals surface area contributed by atoms with Gasteiger partial charge in [-0.05, 0) is 67.9 Å². The summed E-state index contributed by atoms with van der Waals surface area (Å²) in [5.41, 5.74) is 1.72. The lowest BCUT2D eigenvalue weighted by Gasteiger charge is -2.27. The number of amides is 1. The Morgan fingerprint density at radius 1 is 0.976 bits per heavy atom. The maximum absolute atomic E-state index is 13.2. The van der Waals surface area contributed by atoms with Crippen LogP contribution in [-0.2, 0) is 22.6 Å². The number of rotatable bonds is 14. The van der Waals surface area contributed by atoms with E-state index in [1.165, 1.54) is 4.90 Å². The Labute approximate surface area is 249 Å². The van der Waals surface area contributed by atoms with Gasteiger partial charge < -0.3 is 29.0 Å². The van der Waals surface area contributed by atoms with E-state index in [0.717, 1.165) is 20.8 Å². The first-order valence-electron chi connectivity index (χ1n) is 13.6. The van der Waals surface area contributed by atoms with Crippen LogP contribution in [0, 0.1) is 0 Å². The number of aromatic nitrogens is 1. The monoisotopic (exact) mass is 593 g/mol. The molecule has 10 nitrogen and oxygen atoms in total. The van der Waals surface area contributed by atoms with Crippen LogP contribution in [0.5, 0.6) is 23.0 Å². The fourth-order valence-corrected chi connectivity index (χ4v) is 5.04. The van der Waals surface area contributed by atoms with E-state index in [-0.39, 0.29) is 13.2 Å². The minimum absolute atomic E-state index is 0.0746. The number of esters is 1. The number of thiazole rings is 1. The van der Waals surface area contributed by atoms with Crippen molar-refractivity contribution in [1.29, 1.82) is 0 Å². The normalized spacial score (nSPS) is 11.5. The van der Waals surface area contributed by atoms with Crippen molar-refractivity contribution >= 4 is 33.6 Å². The maximum atomic E-state index is 13.2. The van der Waals surface area contributed by atoms with Crippen molar-refractivity contribution in [2.75, 3.05) is 34.0 Å². The number of ether oxygens (including phenoxy) is 5. The molecule has 3 aromatic carbocycles. The van der Waals surface area contributed by atoms with Crippen LogP contribution in [0.4, 0.5) is 4.79 Å². The predicted octanol–water partition coefficient (Wildman–Crippen LogP) is 5.43. The highest BCUT2D eigenvalue weighted by Crippen LogP contribution is 2.29. The molecule has 0 radical (unpaired) electrons. The standard InChI is InChI=1S/C31H35N3O7S/c1-5-39-30(35)21(2)34(31(36)41-24-13-11-23(37-3)12-14-24)20-22-10-15-26(38-4)27(18-22)40-17-16-32-19-29-33-25-8-6-7-9-28(25)42-29/h6-15,18,21,32H,5,16-17,19-20H2,1-4H3/t21-/m1/s1. The molecule has 222 valence electrons. The van der Waals surface area contributed by atoms with Gasteiger partial charge in [-0.1, -0.05) is 18.2 Å². The van der Waals surface area contributed by atoms with E-state index in [9.17, 15) is 9.59 Å². The molecule has 1 heterocycles. The highest BCUT2D eigenvalue weighted by atomic mass is 32.1. The zero-order chi connectivity index (χ0) is 29.9. The Balaban J connectivity index is 1.40. The lowest BCUT2D eigenvalue weighted by Crippen LogP contribution is -2.45. The molecular weight excluding hydrogens is 558 g/mol. The lowest BCUT2D eigenvalue weighted by molar-refractivity contribution is -0.148. The molecule has 42 heavy (non-hydrogen) atoms. The second-order valence-electron chi connectivity index (χ2n) is 9.19. The Kier molecular flexibility index (Phi) is 11.0. The van der Waals surface area contributed by atoms with E-state index < -0.39 is 18.1 Å². The number of carbonyl (C=O) groups is 2. The molecule has 0 bridgehead atoms. The van der Waals surface area contributed by atoms with Gasteiger partial charge in [-0.3, -0.25) is 4.90 Å². The van der Waals surface area contributed by atoms with E-state index in [2.05, 4.69) is 16.4 Å². The Hall–Kier alpha value is -4.35. The molecule has 0 aliphatic carbocycles. The van der Waals surface area contributed by atoms with Crippen LogP contribution in [0.1, 0.15) is 24.4 Å². The van der Waals surface area contributed by atoms with Crippen LogP contribution in [0.15, 0.2) is 66.7 Å². The summed E-state index contributed by atoms with van der Waals surface area (Å²) >= 11 is 1.66. The number of hydrogen-bond donors (Lipinski definition) is 1. The second-order valence-corrected chi connectivity index (χ2v) is 10.3. The van der Waals surface area contributed by atoms with Crippen LogP contribution in [0.2, 0.25) is 0 Å². The number of hydrogen-bond acceptors (Lipinski definition) is 10. The van der Waals surface area contributed by atoms with Crippen molar-refractivity contribution in [2.45, 2.75) is 33.0 Å². The van der Waals surface area contributed by atoms with Crippen molar-refractivity contribution in [3.8, 4) is 23.0 Å². The number of methoxy groups -OCH3 is 2. The number of fused-ring (bicyclic) bond motifs is 1. The maximum Gasteiger partial charge on any atom is 0.416 e. The van der Waals surface area contributed by atoms with Crippen molar-refractivity contribution in [2.24, 2.45) is 0 Å². The van der Waals surface area contributed by atoms with Crippen molar-refractivity contribution in [3.05, 3.63) is 77.3 Å². The predicted molar refractivity (Wildman–Crippen MR) is 160 cm³/mol. The quantitative estimate of drug-likeness (QED) is 0.151. The van der Waals surface area contributed by atoms with E-state index in [4.69, 9.17) is 23.7 Å². The zero-order valence-corrected chi connectivity index (χ0v) is 24.9. The number of para-hydroxylation sites is 1. The molecule has 4 rings (SSSR count). The molecule has 1 N–H and O–H groups in total.